The lowest BCUT2D eigenvalue weighted by Crippen LogP contribution is -1.97. The molecule has 0 aliphatic heterocycles. The largest absolute Gasteiger partial charge is 0.492 e. The molecule has 0 atom stereocenters. The number of hydrogen-bond donors (Lipinski definition) is 1. The molecule has 0 amide bonds. The Morgan fingerprint density at radius 3 is 2.81 bits per heavy atom. The average molecular weight is 220 g/mol. The third-order valence-corrected chi connectivity index (χ3v) is 2.54. The first kappa shape index (κ1) is 10.5. The summed E-state index contributed by atoms with van der Waals surface area (Å²) in [4.78, 5) is 11.0. The molecule has 0 aliphatic carbocycles. The minimum absolute atomic E-state index is 0.140. The lowest BCUT2D eigenvalue weighted by atomic mass is 10.1. The molecule has 2 aromatic rings. The summed E-state index contributed by atoms with van der Waals surface area (Å²) in [5.41, 5.74) is 1.57. The van der Waals surface area contributed by atoms with Crippen molar-refractivity contribution in [2.75, 3.05) is 7.11 Å². The molecule has 0 radical (unpaired) electrons. The highest BCUT2D eigenvalue weighted by molar-refractivity contribution is 5.99. The predicted octanol–water partition coefficient (Wildman–Crippen LogP) is 2.70. The Balaban J connectivity index is 2.83. The number of carboxylic acids is 1. The van der Waals surface area contributed by atoms with Gasteiger partial charge in [0.2, 0.25) is 0 Å². The second kappa shape index (κ2) is 3.89. The average Bonchev–Trinajstić information content (AvgIpc) is 2.67. The van der Waals surface area contributed by atoms with Gasteiger partial charge in [0.05, 0.1) is 12.5 Å². The molecule has 1 heterocycles. The molecule has 0 unspecified atom stereocenters. The molecule has 0 saturated carbocycles. The summed E-state index contributed by atoms with van der Waals surface area (Å²) < 4.78 is 10.4. The van der Waals surface area contributed by atoms with E-state index in [2.05, 4.69) is 0 Å². The van der Waals surface area contributed by atoms with Crippen molar-refractivity contribution in [3.05, 3.63) is 29.5 Å². The summed E-state index contributed by atoms with van der Waals surface area (Å²) in [6.07, 6.45) is 0.798. The summed E-state index contributed by atoms with van der Waals surface area (Å²) in [7, 11) is 1.45. The Labute approximate surface area is 92.4 Å². The van der Waals surface area contributed by atoms with Gasteiger partial charge < -0.3 is 14.3 Å². The van der Waals surface area contributed by atoms with Crippen LogP contribution >= 0.6 is 0 Å². The van der Waals surface area contributed by atoms with Gasteiger partial charge in [-0.05, 0) is 18.1 Å². The highest BCUT2D eigenvalue weighted by Gasteiger charge is 2.22. The maximum atomic E-state index is 11.0. The van der Waals surface area contributed by atoms with Crippen LogP contribution in [0.3, 0.4) is 0 Å². The number of benzene rings is 1. The second-order valence-electron chi connectivity index (χ2n) is 3.41. The molecule has 16 heavy (non-hydrogen) atoms. The maximum Gasteiger partial charge on any atom is 0.375 e. The first-order valence-corrected chi connectivity index (χ1v) is 5.00. The zero-order valence-electron chi connectivity index (χ0n) is 9.11. The zero-order valence-corrected chi connectivity index (χ0v) is 9.11. The van der Waals surface area contributed by atoms with E-state index in [0.29, 0.717) is 11.3 Å². The Kier molecular flexibility index (Phi) is 2.56. The molecule has 4 heteroatoms. The van der Waals surface area contributed by atoms with Crippen LogP contribution in [0.1, 0.15) is 23.0 Å². The lowest BCUT2D eigenvalue weighted by Gasteiger charge is -2.01. The smallest absolute Gasteiger partial charge is 0.375 e. The van der Waals surface area contributed by atoms with Crippen LogP contribution in [0.25, 0.3) is 11.0 Å². The SMILES string of the molecule is CCc1cccc2oc(C(=O)O)c(OC)c12. The molecule has 1 aromatic heterocycles. The second-order valence-corrected chi connectivity index (χ2v) is 3.41. The van der Waals surface area contributed by atoms with Gasteiger partial charge in [0.15, 0.2) is 5.75 Å². The van der Waals surface area contributed by atoms with Gasteiger partial charge in [-0.2, -0.15) is 0 Å². The van der Waals surface area contributed by atoms with Crippen LogP contribution in [0.4, 0.5) is 0 Å². The van der Waals surface area contributed by atoms with E-state index >= 15 is 0 Å². The van der Waals surface area contributed by atoms with Crippen LogP contribution in [0.15, 0.2) is 22.6 Å². The Bertz CT molecular complexity index is 539. The van der Waals surface area contributed by atoms with Crippen molar-refractivity contribution < 1.29 is 19.1 Å². The summed E-state index contributed by atoms with van der Waals surface area (Å²) in [6, 6.07) is 5.52. The van der Waals surface area contributed by atoms with Crippen molar-refractivity contribution in [2.24, 2.45) is 0 Å². The van der Waals surface area contributed by atoms with Crippen molar-refractivity contribution >= 4 is 16.9 Å². The maximum absolute atomic E-state index is 11.0. The van der Waals surface area contributed by atoms with Gasteiger partial charge in [-0.15, -0.1) is 0 Å². The van der Waals surface area contributed by atoms with Gasteiger partial charge in [0, 0.05) is 0 Å². The zero-order chi connectivity index (χ0) is 11.7. The minimum Gasteiger partial charge on any atom is -0.492 e. The van der Waals surface area contributed by atoms with E-state index in [1.807, 2.05) is 19.1 Å². The highest BCUT2D eigenvalue weighted by Crippen LogP contribution is 2.35. The Morgan fingerprint density at radius 1 is 1.50 bits per heavy atom. The Hall–Kier alpha value is -1.97. The van der Waals surface area contributed by atoms with Crippen molar-refractivity contribution in [3.8, 4) is 5.75 Å². The molecule has 0 saturated heterocycles. The Morgan fingerprint density at radius 2 is 2.25 bits per heavy atom. The summed E-state index contributed by atoms with van der Waals surface area (Å²) >= 11 is 0. The topological polar surface area (TPSA) is 59.7 Å². The summed E-state index contributed by atoms with van der Waals surface area (Å²) in [5, 5.41) is 9.74. The molecule has 0 aliphatic rings. The van der Waals surface area contributed by atoms with Gasteiger partial charge >= 0.3 is 5.97 Å². The van der Waals surface area contributed by atoms with Crippen molar-refractivity contribution in [3.63, 3.8) is 0 Å². The summed E-state index contributed by atoms with van der Waals surface area (Å²) in [5.74, 6) is -0.951. The van der Waals surface area contributed by atoms with E-state index in [-0.39, 0.29) is 5.76 Å². The van der Waals surface area contributed by atoms with Crippen molar-refractivity contribution in [1.29, 1.82) is 0 Å². The van der Waals surface area contributed by atoms with Gasteiger partial charge in [-0.1, -0.05) is 19.1 Å². The molecular formula is C12H12O4. The number of rotatable bonds is 3. The number of ether oxygens (including phenoxy) is 1. The highest BCUT2D eigenvalue weighted by atomic mass is 16.5. The molecule has 0 fully saturated rings. The normalized spacial score (nSPS) is 10.6. The minimum atomic E-state index is -1.12. The fraction of sp³-hybridized carbons (Fsp3) is 0.250. The van der Waals surface area contributed by atoms with Gasteiger partial charge in [-0.3, -0.25) is 0 Å². The molecular weight excluding hydrogens is 208 g/mol. The van der Waals surface area contributed by atoms with Crippen LogP contribution in [0, 0.1) is 0 Å². The number of methoxy groups -OCH3 is 1. The number of furan rings is 1. The predicted molar refractivity (Wildman–Crippen MR) is 59.1 cm³/mol. The van der Waals surface area contributed by atoms with E-state index in [1.165, 1.54) is 7.11 Å². The molecule has 0 spiro atoms. The first-order valence-electron chi connectivity index (χ1n) is 5.00. The van der Waals surface area contributed by atoms with Crippen molar-refractivity contribution in [1.82, 2.24) is 0 Å². The molecule has 0 bridgehead atoms. The van der Waals surface area contributed by atoms with E-state index < -0.39 is 5.97 Å². The third-order valence-electron chi connectivity index (χ3n) is 2.54. The summed E-state index contributed by atoms with van der Waals surface area (Å²) in [6.45, 7) is 2.00. The lowest BCUT2D eigenvalue weighted by molar-refractivity contribution is 0.0660. The van der Waals surface area contributed by atoms with E-state index in [0.717, 1.165) is 17.4 Å². The number of aryl methyl sites for hydroxylation is 1. The van der Waals surface area contributed by atoms with Crippen LogP contribution in [-0.2, 0) is 6.42 Å². The van der Waals surface area contributed by atoms with Gasteiger partial charge in [0.1, 0.15) is 5.58 Å². The molecule has 4 nitrogen and oxygen atoms in total. The standard InChI is InChI=1S/C12H12O4/c1-3-7-5-4-6-8-9(7)10(15-2)11(16-8)12(13)14/h4-6H,3H2,1-2H3,(H,13,14). The monoisotopic (exact) mass is 220 g/mol. The van der Waals surface area contributed by atoms with Gasteiger partial charge in [-0.25, -0.2) is 4.79 Å². The fourth-order valence-corrected chi connectivity index (χ4v) is 1.82. The molecule has 1 aromatic carbocycles. The van der Waals surface area contributed by atoms with Crippen LogP contribution < -0.4 is 4.74 Å². The van der Waals surface area contributed by atoms with Crippen LogP contribution in [0.5, 0.6) is 5.75 Å². The van der Waals surface area contributed by atoms with E-state index in [4.69, 9.17) is 14.3 Å². The number of hydrogen-bond acceptors (Lipinski definition) is 3. The number of carboxylic acid groups (broad SMARTS) is 1. The van der Waals surface area contributed by atoms with E-state index in [1.54, 1.807) is 6.07 Å². The quantitative estimate of drug-likeness (QED) is 0.863. The molecule has 84 valence electrons. The number of fused-ring (bicyclic) bond motifs is 1. The van der Waals surface area contributed by atoms with Gasteiger partial charge in [0.25, 0.3) is 5.76 Å². The first-order chi connectivity index (χ1) is 7.69. The number of carbonyl (C=O) groups is 1. The van der Waals surface area contributed by atoms with E-state index in [9.17, 15) is 4.79 Å². The third kappa shape index (κ3) is 1.43. The number of aromatic carboxylic acids is 1. The fourth-order valence-electron chi connectivity index (χ4n) is 1.82. The molecule has 1 N–H and O–H groups in total. The van der Waals surface area contributed by atoms with Crippen molar-refractivity contribution in [2.45, 2.75) is 13.3 Å². The van der Waals surface area contributed by atoms with Crippen LogP contribution in [0.2, 0.25) is 0 Å². The molecule has 2 rings (SSSR count). The van der Waals surface area contributed by atoms with Crippen LogP contribution in [-0.4, -0.2) is 18.2 Å².